The molecule has 2 atom stereocenters. The Morgan fingerprint density at radius 3 is 2.64 bits per heavy atom. The number of hydrogen-bond acceptors (Lipinski definition) is 4. The Kier molecular flexibility index (Phi) is 2.68. The number of hydrogen-bond donors (Lipinski definition) is 1. The maximum absolute atomic E-state index is 11.3. The van der Waals surface area contributed by atoms with Gasteiger partial charge in [-0.15, -0.1) is 0 Å². The Morgan fingerprint density at radius 2 is 2.09 bits per heavy atom. The van der Waals surface area contributed by atoms with Gasteiger partial charge in [0.2, 0.25) is 0 Å². The summed E-state index contributed by atoms with van der Waals surface area (Å²) >= 11 is 0. The second kappa shape index (κ2) is 4.30. The van der Waals surface area contributed by atoms with E-state index in [9.17, 15) is 20.0 Å². The normalized spacial score (nSPS) is 39.1. The minimum Gasteiger partial charge on any atom is -0.481 e. The molecule has 0 spiro atoms. The van der Waals surface area contributed by atoms with Crippen LogP contribution in [-0.2, 0) is 10.3 Å². The third-order valence-electron chi connectivity index (χ3n) is 5.94. The number of nitro groups is 1. The van der Waals surface area contributed by atoms with Gasteiger partial charge in [-0.3, -0.25) is 19.6 Å². The topological polar surface area (TPSA) is 98.3 Å². The first-order valence-corrected chi connectivity index (χ1v) is 7.81. The second-order valence-electron chi connectivity index (χ2n) is 7.66. The van der Waals surface area contributed by atoms with Crippen molar-refractivity contribution < 1.29 is 14.8 Å². The van der Waals surface area contributed by atoms with E-state index in [1.54, 1.807) is 4.68 Å². The molecule has 0 radical (unpaired) electrons. The third-order valence-corrected chi connectivity index (χ3v) is 5.94. The molecular weight excluding hydrogens is 286 g/mol. The summed E-state index contributed by atoms with van der Waals surface area (Å²) in [6.07, 6.45) is 8.94. The van der Waals surface area contributed by atoms with E-state index in [2.05, 4.69) is 5.10 Å². The molecule has 5 rings (SSSR count). The highest BCUT2D eigenvalue weighted by molar-refractivity contribution is 5.67. The van der Waals surface area contributed by atoms with Crippen LogP contribution >= 0.6 is 0 Å². The Balaban J connectivity index is 1.71. The molecule has 0 amide bonds. The fraction of sp³-hybridized carbons (Fsp3) is 0.733. The van der Waals surface area contributed by atoms with Crippen molar-refractivity contribution in [3.63, 3.8) is 0 Å². The van der Waals surface area contributed by atoms with Gasteiger partial charge in [0.15, 0.2) is 0 Å². The molecule has 4 bridgehead atoms. The first kappa shape index (κ1) is 13.7. The van der Waals surface area contributed by atoms with Crippen LogP contribution in [0.2, 0.25) is 0 Å². The quantitative estimate of drug-likeness (QED) is 0.681. The summed E-state index contributed by atoms with van der Waals surface area (Å²) in [6.45, 7) is 0. The summed E-state index contributed by atoms with van der Waals surface area (Å²) in [6, 6.07) is 0. The number of carboxylic acids is 1. The average Bonchev–Trinajstić information content (AvgIpc) is 2.85. The summed E-state index contributed by atoms with van der Waals surface area (Å²) in [5.74, 6) is 0.330. The van der Waals surface area contributed by atoms with E-state index in [1.165, 1.54) is 18.8 Å². The molecule has 1 N–H and O–H groups in total. The van der Waals surface area contributed by atoms with Crippen molar-refractivity contribution in [2.75, 3.05) is 0 Å². The molecule has 1 heterocycles. The number of aliphatic carboxylic acids is 1. The lowest BCUT2D eigenvalue weighted by Gasteiger charge is -2.61. The van der Waals surface area contributed by atoms with Crippen LogP contribution in [0.25, 0.3) is 0 Å². The lowest BCUT2D eigenvalue weighted by Crippen LogP contribution is -2.57. The predicted molar refractivity (Wildman–Crippen MR) is 76.2 cm³/mol. The van der Waals surface area contributed by atoms with Gasteiger partial charge in [0.1, 0.15) is 12.4 Å². The lowest BCUT2D eigenvalue weighted by atomic mass is 9.46. The molecule has 1 aromatic heterocycles. The second-order valence-corrected chi connectivity index (χ2v) is 7.66. The SMILES string of the molecule is O=C(O)CC12C[C@H]3C[C@H](C1)CC(n1cc([N+](=O)[O-])cn1)(C3)C2. The molecule has 4 saturated carbocycles. The van der Waals surface area contributed by atoms with Crippen LogP contribution in [-0.4, -0.2) is 25.8 Å². The Bertz CT molecular complexity index is 639. The molecule has 7 nitrogen and oxygen atoms in total. The van der Waals surface area contributed by atoms with Crippen molar-refractivity contribution in [1.82, 2.24) is 9.78 Å². The van der Waals surface area contributed by atoms with Gasteiger partial charge in [-0.2, -0.15) is 5.10 Å². The highest BCUT2D eigenvalue weighted by Gasteiger charge is 2.59. The van der Waals surface area contributed by atoms with Crippen LogP contribution in [0, 0.1) is 27.4 Å². The zero-order valence-corrected chi connectivity index (χ0v) is 12.3. The average molecular weight is 305 g/mol. The van der Waals surface area contributed by atoms with Crippen LogP contribution in [0.3, 0.4) is 0 Å². The minimum absolute atomic E-state index is 0.0167. The zero-order valence-electron chi connectivity index (χ0n) is 12.3. The first-order chi connectivity index (χ1) is 10.4. The molecule has 0 unspecified atom stereocenters. The monoisotopic (exact) mass is 305 g/mol. The Hall–Kier alpha value is -1.92. The summed E-state index contributed by atoms with van der Waals surface area (Å²) in [4.78, 5) is 21.8. The van der Waals surface area contributed by atoms with Crippen molar-refractivity contribution in [2.24, 2.45) is 17.3 Å². The van der Waals surface area contributed by atoms with Gasteiger partial charge < -0.3 is 5.11 Å². The molecule has 0 aliphatic heterocycles. The largest absolute Gasteiger partial charge is 0.481 e. The fourth-order valence-electron chi connectivity index (χ4n) is 5.86. The standard InChI is InChI=1S/C15H19N3O4/c19-13(20)6-14-2-10-1-11(3-14)5-15(4-10,9-14)17-8-12(7-16-17)18(21)22/h7-8,10-11H,1-6,9H2,(H,19,20)/t10-,11-,14?,15?/m1/s1. The number of nitrogens with zero attached hydrogens (tertiary/aromatic N) is 3. The molecule has 4 aliphatic rings. The van der Waals surface area contributed by atoms with Crippen LogP contribution < -0.4 is 0 Å². The van der Waals surface area contributed by atoms with Gasteiger partial charge in [0.05, 0.1) is 16.9 Å². The van der Waals surface area contributed by atoms with E-state index in [0.717, 1.165) is 32.1 Å². The van der Waals surface area contributed by atoms with Gasteiger partial charge in [-0.25, -0.2) is 0 Å². The maximum atomic E-state index is 11.3. The maximum Gasteiger partial charge on any atom is 0.307 e. The smallest absolute Gasteiger partial charge is 0.307 e. The van der Waals surface area contributed by atoms with Crippen LogP contribution in [0.5, 0.6) is 0 Å². The van der Waals surface area contributed by atoms with E-state index in [4.69, 9.17) is 0 Å². The molecule has 1 aromatic rings. The molecule has 4 aliphatic carbocycles. The van der Waals surface area contributed by atoms with Crippen molar-refractivity contribution in [1.29, 1.82) is 0 Å². The van der Waals surface area contributed by atoms with E-state index < -0.39 is 10.9 Å². The molecule has 7 heteroatoms. The summed E-state index contributed by atoms with van der Waals surface area (Å²) in [7, 11) is 0. The van der Waals surface area contributed by atoms with E-state index >= 15 is 0 Å². The highest BCUT2D eigenvalue weighted by atomic mass is 16.6. The van der Waals surface area contributed by atoms with Crippen LogP contribution in [0.15, 0.2) is 12.4 Å². The fourth-order valence-corrected chi connectivity index (χ4v) is 5.86. The molecular formula is C15H19N3O4. The van der Waals surface area contributed by atoms with Gasteiger partial charge >= 0.3 is 11.7 Å². The summed E-state index contributed by atoms with van der Waals surface area (Å²) in [5.41, 5.74) is -0.340. The molecule has 0 aromatic carbocycles. The molecule has 22 heavy (non-hydrogen) atoms. The van der Waals surface area contributed by atoms with Crippen LogP contribution in [0.4, 0.5) is 5.69 Å². The van der Waals surface area contributed by atoms with E-state index in [-0.39, 0.29) is 23.1 Å². The number of carboxylic acid groups (broad SMARTS) is 1. The summed E-state index contributed by atoms with van der Waals surface area (Å²) in [5, 5.41) is 24.5. The Morgan fingerprint density at radius 1 is 1.41 bits per heavy atom. The van der Waals surface area contributed by atoms with E-state index in [0.29, 0.717) is 11.8 Å². The van der Waals surface area contributed by atoms with Crippen LogP contribution in [0.1, 0.15) is 44.9 Å². The van der Waals surface area contributed by atoms with Gasteiger partial charge in [0, 0.05) is 0 Å². The lowest BCUT2D eigenvalue weighted by molar-refractivity contribution is -0.385. The van der Waals surface area contributed by atoms with Crippen molar-refractivity contribution in [3.8, 4) is 0 Å². The van der Waals surface area contributed by atoms with Gasteiger partial charge in [-0.05, 0) is 55.8 Å². The van der Waals surface area contributed by atoms with Gasteiger partial charge in [-0.1, -0.05) is 0 Å². The van der Waals surface area contributed by atoms with E-state index in [1.807, 2.05) is 0 Å². The number of rotatable bonds is 4. The molecule has 0 saturated heterocycles. The van der Waals surface area contributed by atoms with Crippen molar-refractivity contribution in [2.45, 2.75) is 50.5 Å². The molecule has 118 valence electrons. The minimum atomic E-state index is -0.733. The number of aromatic nitrogens is 2. The highest BCUT2D eigenvalue weighted by Crippen LogP contribution is 2.65. The number of carbonyl (C=O) groups is 1. The zero-order chi connectivity index (χ0) is 15.5. The first-order valence-electron chi connectivity index (χ1n) is 7.81. The van der Waals surface area contributed by atoms with Gasteiger partial charge in [0.25, 0.3) is 0 Å². The molecule has 4 fully saturated rings. The van der Waals surface area contributed by atoms with Crippen molar-refractivity contribution in [3.05, 3.63) is 22.5 Å². The summed E-state index contributed by atoms with van der Waals surface area (Å²) < 4.78 is 1.78. The van der Waals surface area contributed by atoms with Crippen molar-refractivity contribution >= 4 is 11.7 Å². The Labute approximate surface area is 127 Å². The predicted octanol–water partition coefficient (Wildman–Crippen LogP) is 2.56. The third kappa shape index (κ3) is 1.94.